The van der Waals surface area contributed by atoms with Gasteiger partial charge in [-0.2, -0.15) is 5.26 Å². The van der Waals surface area contributed by atoms with Crippen LogP contribution in [0.5, 0.6) is 0 Å². The van der Waals surface area contributed by atoms with Gasteiger partial charge in [-0.1, -0.05) is 43.2 Å². The number of hydrogen-bond donors (Lipinski definition) is 1. The number of hydrogen-bond acceptors (Lipinski definition) is 4. The van der Waals surface area contributed by atoms with E-state index in [1.54, 1.807) is 0 Å². The Morgan fingerprint density at radius 2 is 1.91 bits per heavy atom. The van der Waals surface area contributed by atoms with Crippen molar-refractivity contribution in [2.45, 2.75) is 37.5 Å². The first-order chi connectivity index (χ1) is 10.7. The summed E-state index contributed by atoms with van der Waals surface area (Å²) in [6, 6.07) is 11.6. The molecule has 0 radical (unpaired) electrons. The molecule has 116 valence electrons. The van der Waals surface area contributed by atoms with Gasteiger partial charge in [-0.25, -0.2) is 0 Å². The Bertz CT molecular complexity index is 557. The van der Waals surface area contributed by atoms with Crippen LogP contribution < -0.4 is 5.32 Å². The number of esters is 1. The van der Waals surface area contributed by atoms with E-state index >= 15 is 0 Å². The molecule has 0 spiro atoms. The monoisotopic (exact) mass is 300 g/mol. The fourth-order valence-electron chi connectivity index (χ4n) is 2.92. The minimum absolute atomic E-state index is 0.244. The molecular weight excluding hydrogens is 280 g/mol. The lowest BCUT2D eigenvalue weighted by Crippen LogP contribution is -2.37. The maximum absolute atomic E-state index is 12.5. The summed E-state index contributed by atoms with van der Waals surface area (Å²) < 4.78 is 5.24. The quantitative estimate of drug-likeness (QED) is 0.644. The molecule has 2 rings (SSSR count). The summed E-state index contributed by atoms with van der Waals surface area (Å²) in [6.45, 7) is -0.0183. The number of amides is 1. The summed E-state index contributed by atoms with van der Waals surface area (Å²) in [5.74, 6) is -0.698. The van der Waals surface area contributed by atoms with Crippen LogP contribution in [0.25, 0.3) is 0 Å². The van der Waals surface area contributed by atoms with Crippen LogP contribution in [0.3, 0.4) is 0 Å². The van der Waals surface area contributed by atoms with Crippen molar-refractivity contribution in [3.8, 4) is 6.07 Å². The average molecular weight is 300 g/mol. The molecule has 0 bridgehead atoms. The Kier molecular flexibility index (Phi) is 5.54. The molecule has 0 aliphatic heterocycles. The lowest BCUT2D eigenvalue weighted by atomic mass is 9.79. The molecule has 1 amide bonds. The Morgan fingerprint density at radius 1 is 1.23 bits per heavy atom. The van der Waals surface area contributed by atoms with Crippen LogP contribution in [-0.2, 0) is 19.7 Å². The van der Waals surface area contributed by atoms with Gasteiger partial charge in [0.15, 0.2) is 6.61 Å². The second-order valence-corrected chi connectivity index (χ2v) is 5.49. The second kappa shape index (κ2) is 7.60. The maximum Gasteiger partial charge on any atom is 0.317 e. The first-order valence-corrected chi connectivity index (χ1v) is 7.55. The molecule has 1 aliphatic rings. The number of ether oxygens (including phenoxy) is 1. The van der Waals surface area contributed by atoms with E-state index in [2.05, 4.69) is 5.32 Å². The van der Waals surface area contributed by atoms with Crippen molar-refractivity contribution in [3.63, 3.8) is 0 Å². The third-order valence-corrected chi connectivity index (χ3v) is 4.07. The summed E-state index contributed by atoms with van der Waals surface area (Å²) in [5, 5.41) is 11.0. The predicted molar refractivity (Wildman–Crippen MR) is 80.8 cm³/mol. The molecule has 1 aliphatic carbocycles. The molecule has 0 heterocycles. The van der Waals surface area contributed by atoms with Gasteiger partial charge in [0, 0.05) is 6.54 Å². The first-order valence-electron chi connectivity index (χ1n) is 7.55. The normalized spacial score (nSPS) is 15.8. The average Bonchev–Trinajstić information content (AvgIpc) is 3.05. The highest BCUT2D eigenvalue weighted by Gasteiger charge is 2.44. The number of nitriles is 1. The van der Waals surface area contributed by atoms with Gasteiger partial charge in [0.2, 0.25) is 0 Å². The smallest absolute Gasteiger partial charge is 0.317 e. The van der Waals surface area contributed by atoms with Crippen molar-refractivity contribution in [3.05, 3.63) is 35.9 Å². The van der Waals surface area contributed by atoms with E-state index in [1.165, 1.54) is 0 Å². The number of nitrogens with one attached hydrogen (secondary N) is 1. The topological polar surface area (TPSA) is 79.2 Å². The van der Waals surface area contributed by atoms with Crippen LogP contribution in [0.15, 0.2) is 30.3 Å². The zero-order valence-corrected chi connectivity index (χ0v) is 12.5. The first kappa shape index (κ1) is 16.0. The molecular formula is C17H20N2O3. The van der Waals surface area contributed by atoms with Crippen molar-refractivity contribution < 1.29 is 14.3 Å². The van der Waals surface area contributed by atoms with E-state index in [1.807, 2.05) is 36.4 Å². The number of carbonyl (C=O) groups excluding carboxylic acids is 2. The number of benzene rings is 1. The van der Waals surface area contributed by atoms with E-state index in [-0.39, 0.29) is 31.4 Å². The fourth-order valence-corrected chi connectivity index (χ4v) is 2.92. The zero-order chi connectivity index (χ0) is 15.8. The van der Waals surface area contributed by atoms with Crippen LogP contribution in [0.4, 0.5) is 0 Å². The largest absolute Gasteiger partial charge is 0.455 e. The molecule has 0 atom stereocenters. The number of rotatable bonds is 6. The summed E-state index contributed by atoms with van der Waals surface area (Å²) in [6.07, 6.45) is 3.72. The molecule has 1 saturated carbocycles. The summed E-state index contributed by atoms with van der Waals surface area (Å²) in [5.41, 5.74) is 0.344. The SMILES string of the molecule is N#CCCNC(=O)COC(=O)C1(c2ccccc2)CCCC1. The molecule has 1 aromatic carbocycles. The van der Waals surface area contributed by atoms with Crippen molar-refractivity contribution >= 4 is 11.9 Å². The lowest BCUT2D eigenvalue weighted by Gasteiger charge is -2.27. The standard InChI is InChI=1S/C17H20N2O3/c18-11-6-12-19-15(20)13-22-16(21)17(9-4-5-10-17)14-7-2-1-3-8-14/h1-3,7-8H,4-6,9-10,12-13H2,(H,19,20). The minimum Gasteiger partial charge on any atom is -0.455 e. The predicted octanol–water partition coefficient (Wildman–Crippen LogP) is 2.07. The van der Waals surface area contributed by atoms with E-state index in [4.69, 9.17) is 10.00 Å². The molecule has 5 heteroatoms. The Labute approximate surface area is 130 Å². The highest BCUT2D eigenvalue weighted by atomic mass is 16.5. The van der Waals surface area contributed by atoms with E-state index in [9.17, 15) is 9.59 Å². The summed E-state index contributed by atoms with van der Waals surface area (Å²) in [7, 11) is 0. The molecule has 1 aromatic rings. The minimum atomic E-state index is -0.617. The van der Waals surface area contributed by atoms with E-state index in [0.29, 0.717) is 0 Å². The van der Waals surface area contributed by atoms with Crippen LogP contribution in [0.1, 0.15) is 37.7 Å². The fraction of sp³-hybridized carbons (Fsp3) is 0.471. The summed E-state index contributed by atoms with van der Waals surface area (Å²) in [4.78, 5) is 24.1. The van der Waals surface area contributed by atoms with Gasteiger partial charge in [-0.15, -0.1) is 0 Å². The van der Waals surface area contributed by atoms with Crippen molar-refractivity contribution in [1.82, 2.24) is 5.32 Å². The van der Waals surface area contributed by atoms with Crippen LogP contribution in [0.2, 0.25) is 0 Å². The van der Waals surface area contributed by atoms with Gasteiger partial charge in [0.25, 0.3) is 5.91 Å². The third kappa shape index (κ3) is 3.64. The molecule has 5 nitrogen and oxygen atoms in total. The Morgan fingerprint density at radius 3 is 2.55 bits per heavy atom. The van der Waals surface area contributed by atoms with Crippen LogP contribution >= 0.6 is 0 Å². The van der Waals surface area contributed by atoms with Crippen LogP contribution in [-0.4, -0.2) is 25.0 Å². The Hall–Kier alpha value is -2.35. The molecule has 0 saturated heterocycles. The van der Waals surface area contributed by atoms with Gasteiger partial charge in [0.1, 0.15) is 0 Å². The molecule has 0 aromatic heterocycles. The molecule has 1 fully saturated rings. The van der Waals surface area contributed by atoms with Crippen molar-refractivity contribution in [2.24, 2.45) is 0 Å². The molecule has 22 heavy (non-hydrogen) atoms. The Balaban J connectivity index is 1.97. The van der Waals surface area contributed by atoms with Gasteiger partial charge in [-0.05, 0) is 18.4 Å². The van der Waals surface area contributed by atoms with Gasteiger partial charge < -0.3 is 10.1 Å². The maximum atomic E-state index is 12.5. The lowest BCUT2D eigenvalue weighted by molar-refractivity contribution is -0.154. The van der Waals surface area contributed by atoms with E-state index < -0.39 is 5.41 Å². The second-order valence-electron chi connectivity index (χ2n) is 5.49. The third-order valence-electron chi connectivity index (χ3n) is 4.07. The highest BCUT2D eigenvalue weighted by Crippen LogP contribution is 2.42. The van der Waals surface area contributed by atoms with Gasteiger partial charge in [-0.3, -0.25) is 9.59 Å². The summed E-state index contributed by atoms with van der Waals surface area (Å²) >= 11 is 0. The molecule has 0 unspecified atom stereocenters. The number of carbonyl (C=O) groups is 2. The molecule has 1 N–H and O–H groups in total. The number of nitrogens with zero attached hydrogens (tertiary/aromatic N) is 1. The zero-order valence-electron chi connectivity index (χ0n) is 12.5. The van der Waals surface area contributed by atoms with Gasteiger partial charge >= 0.3 is 5.97 Å². The highest BCUT2D eigenvalue weighted by molar-refractivity contribution is 5.86. The van der Waals surface area contributed by atoms with Crippen molar-refractivity contribution in [2.75, 3.05) is 13.2 Å². The van der Waals surface area contributed by atoms with E-state index in [0.717, 1.165) is 31.2 Å². The van der Waals surface area contributed by atoms with Crippen LogP contribution in [0, 0.1) is 11.3 Å². The van der Waals surface area contributed by atoms with Crippen molar-refractivity contribution in [1.29, 1.82) is 5.26 Å². The van der Waals surface area contributed by atoms with Gasteiger partial charge in [0.05, 0.1) is 17.9 Å².